The summed E-state index contributed by atoms with van der Waals surface area (Å²) in [5.74, 6) is -2.12. The monoisotopic (exact) mass is 563 g/mol. The molecule has 0 aliphatic carbocycles. The number of amides is 1. The lowest BCUT2D eigenvalue weighted by Gasteiger charge is -2.35. The minimum absolute atomic E-state index is 0.226. The lowest BCUT2D eigenvalue weighted by molar-refractivity contribution is -0.120. The quantitative estimate of drug-likeness (QED) is 0.240. The summed E-state index contributed by atoms with van der Waals surface area (Å²) in [7, 11) is 1.30. The molecule has 4 aromatic heterocycles. The maximum absolute atomic E-state index is 14.3. The van der Waals surface area contributed by atoms with E-state index in [1.807, 2.05) is 36.6 Å². The molecule has 0 N–H and O–H groups in total. The highest BCUT2D eigenvalue weighted by atomic mass is 32.1. The molecule has 1 atom stereocenters. The Morgan fingerprint density at radius 2 is 2.00 bits per heavy atom. The van der Waals surface area contributed by atoms with E-state index in [1.54, 1.807) is 0 Å². The fourth-order valence-electron chi connectivity index (χ4n) is 5.22. The fraction of sp³-hybridized carbons (Fsp3) is 0.250. The zero-order valence-electron chi connectivity index (χ0n) is 21.8. The van der Waals surface area contributed by atoms with E-state index in [1.165, 1.54) is 24.3 Å². The SMILES string of the molecule is COC(=O)c1cnc(-c2c(C3CCCC(=O)N3c3ccc(F)c(F)c3)nc3cc(-c4c(C)noc4C)ccn23)s1. The van der Waals surface area contributed by atoms with Gasteiger partial charge in [-0.25, -0.2) is 23.5 Å². The molecule has 204 valence electrons. The number of aryl methyl sites for hydroxylation is 2. The third-order valence-corrected chi connectivity index (χ3v) is 8.00. The first kappa shape index (κ1) is 25.8. The van der Waals surface area contributed by atoms with Crippen LogP contribution < -0.4 is 4.90 Å². The lowest BCUT2D eigenvalue weighted by atomic mass is 9.96. The number of ether oxygens (including phenoxy) is 1. The molecule has 0 radical (unpaired) electrons. The van der Waals surface area contributed by atoms with E-state index in [0.29, 0.717) is 45.5 Å². The number of esters is 1. The van der Waals surface area contributed by atoms with E-state index in [9.17, 15) is 18.4 Å². The molecule has 5 aromatic rings. The summed E-state index contributed by atoms with van der Waals surface area (Å²) in [6.07, 6.45) is 4.67. The van der Waals surface area contributed by atoms with Crippen LogP contribution in [0.1, 0.15) is 52.1 Å². The first-order chi connectivity index (χ1) is 19.3. The van der Waals surface area contributed by atoms with Crippen molar-refractivity contribution in [1.29, 1.82) is 0 Å². The molecule has 0 spiro atoms. The van der Waals surface area contributed by atoms with Crippen LogP contribution >= 0.6 is 11.3 Å². The first-order valence-corrected chi connectivity index (χ1v) is 13.4. The molecule has 6 rings (SSSR count). The maximum Gasteiger partial charge on any atom is 0.349 e. The van der Waals surface area contributed by atoms with Crippen molar-refractivity contribution in [3.63, 3.8) is 0 Å². The smallest absolute Gasteiger partial charge is 0.349 e. The molecule has 0 saturated carbocycles. The molecule has 40 heavy (non-hydrogen) atoms. The molecular weight excluding hydrogens is 540 g/mol. The van der Waals surface area contributed by atoms with Crippen molar-refractivity contribution in [2.45, 2.75) is 39.2 Å². The summed E-state index contributed by atoms with van der Waals surface area (Å²) in [5, 5.41) is 4.55. The van der Waals surface area contributed by atoms with Gasteiger partial charge in [-0.2, -0.15) is 0 Å². The second-order valence-corrected chi connectivity index (χ2v) is 10.5. The number of aromatic nitrogens is 4. The van der Waals surface area contributed by atoms with E-state index < -0.39 is 23.6 Å². The van der Waals surface area contributed by atoms with Crippen molar-refractivity contribution in [2.75, 3.05) is 12.0 Å². The highest BCUT2D eigenvalue weighted by Gasteiger charge is 2.36. The molecule has 9 nitrogen and oxygen atoms in total. The zero-order valence-corrected chi connectivity index (χ0v) is 22.6. The number of rotatable bonds is 5. The van der Waals surface area contributed by atoms with E-state index in [4.69, 9.17) is 14.2 Å². The van der Waals surface area contributed by atoms with Crippen molar-refractivity contribution < 1.29 is 27.6 Å². The van der Waals surface area contributed by atoms with Gasteiger partial charge in [-0.05, 0) is 56.5 Å². The number of halogens is 2. The number of methoxy groups -OCH3 is 1. The predicted molar refractivity (Wildman–Crippen MR) is 143 cm³/mol. The molecule has 1 fully saturated rings. The van der Waals surface area contributed by atoms with Crippen LogP contribution in [0.5, 0.6) is 0 Å². The Morgan fingerprint density at radius 3 is 2.73 bits per heavy atom. The fourth-order valence-corrected chi connectivity index (χ4v) is 6.11. The van der Waals surface area contributed by atoms with Crippen LogP contribution in [0.3, 0.4) is 0 Å². The van der Waals surface area contributed by atoms with Crippen molar-refractivity contribution in [2.24, 2.45) is 0 Å². The number of carbonyl (C=O) groups excluding carboxylic acids is 2. The van der Waals surface area contributed by atoms with Gasteiger partial charge >= 0.3 is 5.97 Å². The largest absolute Gasteiger partial charge is 0.465 e. The predicted octanol–water partition coefficient (Wildman–Crippen LogP) is 6.05. The minimum atomic E-state index is -1.04. The minimum Gasteiger partial charge on any atom is -0.465 e. The summed E-state index contributed by atoms with van der Waals surface area (Å²) < 4.78 is 40.1. The number of benzene rings is 1. The van der Waals surface area contributed by atoms with Crippen LogP contribution in [0.4, 0.5) is 14.5 Å². The average molecular weight is 564 g/mol. The second-order valence-electron chi connectivity index (χ2n) is 9.48. The van der Waals surface area contributed by atoms with Crippen LogP contribution in [0.2, 0.25) is 0 Å². The maximum atomic E-state index is 14.3. The van der Waals surface area contributed by atoms with Gasteiger partial charge in [0.2, 0.25) is 5.91 Å². The number of hydrogen-bond donors (Lipinski definition) is 0. The summed E-state index contributed by atoms with van der Waals surface area (Å²) in [5.41, 5.74) is 4.36. The van der Waals surface area contributed by atoms with E-state index in [2.05, 4.69) is 10.1 Å². The van der Waals surface area contributed by atoms with Crippen LogP contribution in [0, 0.1) is 25.5 Å². The van der Waals surface area contributed by atoms with Crippen molar-refractivity contribution in [1.82, 2.24) is 19.5 Å². The van der Waals surface area contributed by atoms with Gasteiger partial charge in [0.25, 0.3) is 0 Å². The molecule has 1 aliphatic rings. The number of thiazole rings is 1. The normalized spacial score (nSPS) is 15.7. The Morgan fingerprint density at radius 1 is 1.18 bits per heavy atom. The number of pyridine rings is 1. The van der Waals surface area contributed by atoms with Crippen LogP contribution in [0.25, 0.3) is 27.5 Å². The number of hydrogen-bond acceptors (Lipinski definition) is 8. The van der Waals surface area contributed by atoms with Gasteiger partial charge in [-0.15, -0.1) is 11.3 Å². The number of carbonyl (C=O) groups is 2. The molecule has 1 aliphatic heterocycles. The number of imidazole rings is 1. The molecular formula is C28H23F2N5O4S. The third kappa shape index (κ3) is 4.24. The van der Waals surface area contributed by atoms with Gasteiger partial charge in [0.15, 0.2) is 11.6 Å². The molecule has 0 bridgehead atoms. The number of piperidine rings is 1. The molecule has 1 amide bonds. The summed E-state index contributed by atoms with van der Waals surface area (Å²) in [6.45, 7) is 3.69. The molecule has 1 unspecified atom stereocenters. The first-order valence-electron chi connectivity index (χ1n) is 12.5. The van der Waals surface area contributed by atoms with Gasteiger partial charge in [0, 0.05) is 29.9 Å². The third-order valence-electron chi connectivity index (χ3n) is 7.02. The summed E-state index contributed by atoms with van der Waals surface area (Å²) in [4.78, 5) is 36.7. The standard InChI is InChI=1S/C28H23F2N5O4S/c1-14-24(15(2)39-33-14)16-9-10-34-22(11-16)32-25(26(34)27-31-13-21(40-27)28(37)38-3)20-5-4-6-23(36)35(20)17-7-8-18(29)19(30)12-17/h7-13,20H,4-6H2,1-3H3. The van der Waals surface area contributed by atoms with Crippen molar-refractivity contribution >= 4 is 34.5 Å². The van der Waals surface area contributed by atoms with E-state index >= 15 is 0 Å². The average Bonchev–Trinajstić information content (AvgIpc) is 3.66. The molecule has 5 heterocycles. The van der Waals surface area contributed by atoms with E-state index in [0.717, 1.165) is 40.3 Å². The van der Waals surface area contributed by atoms with Crippen LogP contribution in [-0.2, 0) is 9.53 Å². The number of nitrogens with zero attached hydrogens (tertiary/aromatic N) is 5. The number of anilines is 1. The topological polar surface area (TPSA) is 103 Å². The Hall–Kier alpha value is -4.45. The van der Waals surface area contributed by atoms with E-state index in [-0.39, 0.29) is 18.0 Å². The molecule has 12 heteroatoms. The Balaban J connectivity index is 1.56. The number of fused-ring (bicyclic) bond motifs is 1. The van der Waals surface area contributed by atoms with Gasteiger partial charge in [0.05, 0.1) is 30.7 Å². The zero-order chi connectivity index (χ0) is 28.1. The highest BCUT2D eigenvalue weighted by molar-refractivity contribution is 7.16. The molecule has 1 aromatic carbocycles. The van der Waals surface area contributed by atoms with Gasteiger partial charge in [-0.1, -0.05) is 5.16 Å². The van der Waals surface area contributed by atoms with Crippen molar-refractivity contribution in [3.05, 3.63) is 76.4 Å². The van der Waals surface area contributed by atoms with Crippen LogP contribution in [0.15, 0.2) is 47.2 Å². The Labute approximate surface area is 231 Å². The highest BCUT2D eigenvalue weighted by Crippen LogP contribution is 2.42. The van der Waals surface area contributed by atoms with Gasteiger partial charge in [0.1, 0.15) is 27.0 Å². The lowest BCUT2D eigenvalue weighted by Crippen LogP contribution is -2.38. The Kier molecular flexibility index (Phi) is 6.41. The molecule has 1 saturated heterocycles. The second kappa shape index (κ2) is 9.94. The van der Waals surface area contributed by atoms with Gasteiger partial charge in [-0.3, -0.25) is 9.20 Å². The summed E-state index contributed by atoms with van der Waals surface area (Å²) in [6, 6.07) is 6.62. The van der Waals surface area contributed by atoms with Crippen molar-refractivity contribution in [3.8, 4) is 21.8 Å². The summed E-state index contributed by atoms with van der Waals surface area (Å²) >= 11 is 1.14. The Bertz CT molecular complexity index is 1770. The van der Waals surface area contributed by atoms with Gasteiger partial charge < -0.3 is 14.2 Å². The van der Waals surface area contributed by atoms with Crippen LogP contribution in [-0.4, -0.2) is 38.5 Å².